The molecular formula is C12H19N3O. The van der Waals surface area contributed by atoms with Crippen LogP contribution in [0, 0.1) is 6.92 Å². The largest absolute Gasteiger partial charge is 0.376 e. The van der Waals surface area contributed by atoms with Crippen molar-refractivity contribution in [2.45, 2.75) is 38.7 Å². The van der Waals surface area contributed by atoms with Gasteiger partial charge in [0.05, 0.1) is 12.7 Å². The van der Waals surface area contributed by atoms with E-state index < -0.39 is 0 Å². The normalized spacial score (nSPS) is 16.6. The van der Waals surface area contributed by atoms with Gasteiger partial charge in [-0.25, -0.2) is 9.97 Å². The number of nitrogens with one attached hydrogen (secondary N) is 1. The lowest BCUT2D eigenvalue weighted by molar-refractivity contribution is 0.0658. The second-order valence-electron chi connectivity index (χ2n) is 4.25. The van der Waals surface area contributed by atoms with Crippen molar-refractivity contribution in [1.82, 2.24) is 9.97 Å². The maximum absolute atomic E-state index is 5.75. The monoisotopic (exact) mass is 221 g/mol. The van der Waals surface area contributed by atoms with Crippen molar-refractivity contribution in [2.75, 3.05) is 18.5 Å². The van der Waals surface area contributed by atoms with Crippen LogP contribution in [0.5, 0.6) is 0 Å². The third-order valence-corrected chi connectivity index (χ3v) is 2.87. The van der Waals surface area contributed by atoms with Crippen LogP contribution in [0.1, 0.15) is 31.4 Å². The number of anilines is 1. The summed E-state index contributed by atoms with van der Waals surface area (Å²) in [6.45, 7) is 3.53. The zero-order valence-corrected chi connectivity index (χ0v) is 9.78. The molecule has 0 radical (unpaired) electrons. The van der Waals surface area contributed by atoms with Gasteiger partial charge in [-0.05, 0) is 19.8 Å². The quantitative estimate of drug-likeness (QED) is 0.774. The molecule has 0 unspecified atom stereocenters. The molecule has 0 saturated heterocycles. The van der Waals surface area contributed by atoms with E-state index in [0.29, 0.717) is 6.10 Å². The van der Waals surface area contributed by atoms with Crippen molar-refractivity contribution < 1.29 is 4.74 Å². The van der Waals surface area contributed by atoms with E-state index in [9.17, 15) is 0 Å². The molecule has 1 aliphatic rings. The van der Waals surface area contributed by atoms with Crippen molar-refractivity contribution in [3.8, 4) is 0 Å². The van der Waals surface area contributed by atoms with Crippen molar-refractivity contribution in [3.63, 3.8) is 0 Å². The Labute approximate surface area is 96.4 Å². The van der Waals surface area contributed by atoms with E-state index in [0.717, 1.165) is 24.7 Å². The van der Waals surface area contributed by atoms with Crippen LogP contribution < -0.4 is 5.32 Å². The second-order valence-corrected chi connectivity index (χ2v) is 4.25. The number of aryl methyl sites for hydroxylation is 1. The van der Waals surface area contributed by atoms with E-state index in [1.165, 1.54) is 25.7 Å². The highest BCUT2D eigenvalue weighted by atomic mass is 16.5. The van der Waals surface area contributed by atoms with Crippen LogP contribution >= 0.6 is 0 Å². The summed E-state index contributed by atoms with van der Waals surface area (Å²) in [6.07, 6.45) is 7.18. The van der Waals surface area contributed by atoms with Crippen LogP contribution in [0.3, 0.4) is 0 Å². The van der Waals surface area contributed by atoms with Crippen molar-refractivity contribution >= 4 is 5.82 Å². The molecule has 0 spiro atoms. The fourth-order valence-electron chi connectivity index (χ4n) is 2.01. The molecule has 16 heavy (non-hydrogen) atoms. The summed E-state index contributed by atoms with van der Waals surface area (Å²) in [4.78, 5) is 8.18. The molecule has 2 rings (SSSR count). The van der Waals surface area contributed by atoms with Crippen LogP contribution in [-0.4, -0.2) is 29.2 Å². The van der Waals surface area contributed by atoms with Gasteiger partial charge >= 0.3 is 0 Å². The molecule has 1 N–H and O–H groups in total. The lowest BCUT2D eigenvalue weighted by Crippen LogP contribution is -2.15. The van der Waals surface area contributed by atoms with Gasteiger partial charge in [0, 0.05) is 18.3 Å². The van der Waals surface area contributed by atoms with Gasteiger partial charge in [-0.15, -0.1) is 0 Å². The standard InChI is InChI=1S/C12H19N3O/c1-10-8-12(15-9-14-10)13-6-7-16-11-4-2-3-5-11/h8-9,11H,2-7H2,1H3,(H,13,14,15). The highest BCUT2D eigenvalue weighted by molar-refractivity contribution is 5.34. The molecule has 1 aliphatic carbocycles. The molecule has 4 nitrogen and oxygen atoms in total. The average molecular weight is 221 g/mol. The minimum absolute atomic E-state index is 0.494. The van der Waals surface area contributed by atoms with Crippen LogP contribution in [0.25, 0.3) is 0 Å². The Morgan fingerprint density at radius 2 is 2.19 bits per heavy atom. The SMILES string of the molecule is Cc1cc(NCCOC2CCCC2)ncn1. The summed E-state index contributed by atoms with van der Waals surface area (Å²) in [7, 11) is 0. The first kappa shape index (κ1) is 11.3. The molecule has 0 aliphatic heterocycles. The van der Waals surface area contributed by atoms with E-state index in [1.54, 1.807) is 6.33 Å². The van der Waals surface area contributed by atoms with Crippen molar-refractivity contribution in [1.29, 1.82) is 0 Å². The number of hydrogen-bond acceptors (Lipinski definition) is 4. The van der Waals surface area contributed by atoms with E-state index in [1.807, 2.05) is 13.0 Å². The Kier molecular flexibility index (Phi) is 4.10. The minimum atomic E-state index is 0.494. The Morgan fingerprint density at radius 1 is 1.38 bits per heavy atom. The van der Waals surface area contributed by atoms with Crippen LogP contribution in [0.2, 0.25) is 0 Å². The van der Waals surface area contributed by atoms with E-state index in [2.05, 4.69) is 15.3 Å². The molecular weight excluding hydrogens is 202 g/mol. The molecule has 1 fully saturated rings. The Balaban J connectivity index is 1.64. The third-order valence-electron chi connectivity index (χ3n) is 2.87. The molecule has 1 saturated carbocycles. The second kappa shape index (κ2) is 5.80. The number of nitrogens with zero attached hydrogens (tertiary/aromatic N) is 2. The van der Waals surface area contributed by atoms with Crippen molar-refractivity contribution in [2.24, 2.45) is 0 Å². The first-order valence-corrected chi connectivity index (χ1v) is 5.99. The summed E-state index contributed by atoms with van der Waals surface area (Å²) in [5, 5.41) is 3.23. The van der Waals surface area contributed by atoms with Crippen LogP contribution in [0.15, 0.2) is 12.4 Å². The molecule has 0 bridgehead atoms. The fourth-order valence-corrected chi connectivity index (χ4v) is 2.01. The molecule has 4 heteroatoms. The average Bonchev–Trinajstić information content (AvgIpc) is 2.77. The lowest BCUT2D eigenvalue weighted by Gasteiger charge is -2.11. The van der Waals surface area contributed by atoms with Gasteiger partial charge in [0.2, 0.25) is 0 Å². The lowest BCUT2D eigenvalue weighted by atomic mass is 10.3. The summed E-state index contributed by atoms with van der Waals surface area (Å²) < 4.78 is 5.75. The summed E-state index contributed by atoms with van der Waals surface area (Å²) in [6, 6.07) is 1.94. The van der Waals surface area contributed by atoms with Gasteiger partial charge in [0.1, 0.15) is 12.1 Å². The van der Waals surface area contributed by atoms with Crippen LogP contribution in [0.4, 0.5) is 5.82 Å². The summed E-state index contributed by atoms with van der Waals surface area (Å²) in [5.41, 5.74) is 0.981. The predicted molar refractivity (Wildman–Crippen MR) is 63.5 cm³/mol. The van der Waals surface area contributed by atoms with E-state index in [-0.39, 0.29) is 0 Å². The Hall–Kier alpha value is -1.16. The first-order chi connectivity index (χ1) is 7.84. The highest BCUT2D eigenvalue weighted by Gasteiger charge is 2.14. The van der Waals surface area contributed by atoms with Gasteiger partial charge in [-0.3, -0.25) is 0 Å². The number of aromatic nitrogens is 2. The molecule has 1 aromatic rings. The van der Waals surface area contributed by atoms with Crippen molar-refractivity contribution in [3.05, 3.63) is 18.1 Å². The Bertz CT molecular complexity index is 324. The number of rotatable bonds is 5. The molecule has 0 amide bonds. The first-order valence-electron chi connectivity index (χ1n) is 5.99. The van der Waals surface area contributed by atoms with Gasteiger partial charge in [0.15, 0.2) is 0 Å². The highest BCUT2D eigenvalue weighted by Crippen LogP contribution is 2.20. The zero-order chi connectivity index (χ0) is 11.2. The van der Waals surface area contributed by atoms with Gasteiger partial charge < -0.3 is 10.1 Å². The number of ether oxygens (including phenoxy) is 1. The predicted octanol–water partition coefficient (Wildman–Crippen LogP) is 2.16. The van der Waals surface area contributed by atoms with Gasteiger partial charge in [-0.2, -0.15) is 0 Å². The van der Waals surface area contributed by atoms with Gasteiger partial charge in [0.25, 0.3) is 0 Å². The van der Waals surface area contributed by atoms with Crippen LogP contribution in [-0.2, 0) is 4.74 Å². The molecule has 1 heterocycles. The maximum Gasteiger partial charge on any atom is 0.129 e. The Morgan fingerprint density at radius 3 is 2.94 bits per heavy atom. The molecule has 0 atom stereocenters. The van der Waals surface area contributed by atoms with E-state index >= 15 is 0 Å². The van der Waals surface area contributed by atoms with E-state index in [4.69, 9.17) is 4.74 Å². The zero-order valence-electron chi connectivity index (χ0n) is 9.78. The topological polar surface area (TPSA) is 47.0 Å². The number of hydrogen-bond donors (Lipinski definition) is 1. The minimum Gasteiger partial charge on any atom is -0.376 e. The third kappa shape index (κ3) is 3.45. The fraction of sp³-hybridized carbons (Fsp3) is 0.667. The molecule has 1 aromatic heterocycles. The maximum atomic E-state index is 5.75. The summed E-state index contributed by atoms with van der Waals surface area (Å²) >= 11 is 0. The van der Waals surface area contributed by atoms with Gasteiger partial charge in [-0.1, -0.05) is 12.8 Å². The molecule has 88 valence electrons. The molecule has 0 aromatic carbocycles. The summed E-state index contributed by atoms with van der Waals surface area (Å²) in [5.74, 6) is 0.877. The smallest absolute Gasteiger partial charge is 0.129 e.